The first-order valence-corrected chi connectivity index (χ1v) is 13.8. The number of fused-ring (bicyclic) bond motifs is 3. The minimum Gasteiger partial charge on any atom is -0.493 e. The second-order valence-corrected chi connectivity index (χ2v) is 11.7. The van der Waals surface area contributed by atoms with E-state index in [1.807, 2.05) is 30.3 Å². The average Bonchev–Trinajstić information content (AvgIpc) is 3.30. The largest absolute Gasteiger partial charge is 0.493 e. The van der Waals surface area contributed by atoms with Gasteiger partial charge in [-0.1, -0.05) is 46.6 Å². The molecular weight excluding hydrogens is 570 g/mol. The number of hydrogen-bond acceptors (Lipinski definition) is 5. The maximum atomic E-state index is 11.3. The summed E-state index contributed by atoms with van der Waals surface area (Å²) >= 11 is 9.62. The van der Waals surface area contributed by atoms with E-state index in [9.17, 15) is 15.3 Å². The van der Waals surface area contributed by atoms with Crippen molar-refractivity contribution >= 4 is 38.4 Å². The molecule has 1 aliphatic carbocycles. The molecule has 38 heavy (non-hydrogen) atoms. The van der Waals surface area contributed by atoms with Crippen LogP contribution in [0.2, 0.25) is 5.02 Å². The minimum atomic E-state index is -1.03. The van der Waals surface area contributed by atoms with Crippen LogP contribution in [0.3, 0.4) is 0 Å². The first-order chi connectivity index (χ1) is 18.3. The lowest BCUT2D eigenvalue weighted by Gasteiger charge is -2.35. The fourth-order valence-electron chi connectivity index (χ4n) is 5.10. The van der Waals surface area contributed by atoms with Gasteiger partial charge in [-0.3, -0.25) is 0 Å². The number of ether oxygens (including phenoxy) is 2. The smallest absolute Gasteiger partial charge is 0.201 e. The van der Waals surface area contributed by atoms with Crippen molar-refractivity contribution in [3.63, 3.8) is 0 Å². The summed E-state index contributed by atoms with van der Waals surface area (Å²) in [6.07, 6.45) is 0.532. The predicted octanol–water partition coefficient (Wildman–Crippen LogP) is 6.05. The van der Waals surface area contributed by atoms with Gasteiger partial charge in [0, 0.05) is 43.3 Å². The van der Waals surface area contributed by atoms with Crippen molar-refractivity contribution in [3.05, 3.63) is 93.0 Å². The van der Waals surface area contributed by atoms with Crippen molar-refractivity contribution in [1.29, 1.82) is 0 Å². The van der Waals surface area contributed by atoms with Crippen LogP contribution in [0, 0.1) is 11.3 Å². The van der Waals surface area contributed by atoms with E-state index >= 15 is 0 Å². The second kappa shape index (κ2) is 11.3. The molecule has 0 aliphatic heterocycles. The number of benzene rings is 3. The number of halogens is 2. The number of aryl methyl sites for hydroxylation is 1. The second-order valence-electron chi connectivity index (χ2n) is 10.3. The maximum Gasteiger partial charge on any atom is 0.201 e. The quantitative estimate of drug-likeness (QED) is 0.176. The molecule has 8 heteroatoms. The van der Waals surface area contributed by atoms with Gasteiger partial charge in [0.2, 0.25) is 6.29 Å². The number of aliphatic hydroxyl groups excluding tert-OH is 3. The van der Waals surface area contributed by atoms with Gasteiger partial charge in [0.25, 0.3) is 0 Å². The van der Waals surface area contributed by atoms with E-state index in [1.54, 1.807) is 31.2 Å². The first kappa shape index (κ1) is 27.0. The molecule has 0 amide bonds. The fraction of sp³-hybridized carbons (Fsp3) is 0.333. The van der Waals surface area contributed by atoms with E-state index in [4.69, 9.17) is 21.1 Å². The summed E-state index contributed by atoms with van der Waals surface area (Å²) in [6, 6.07) is 21.0. The molecule has 3 unspecified atom stereocenters. The molecule has 0 radical (unpaired) electrons. The Hall–Kier alpha value is -2.55. The Balaban J connectivity index is 1.47. The standard InChI is InChI=1S/C30H31BrClNO5/c1-30(15-34,16-35)17-37-21-7-2-18(3-8-21)27-24(29(36)38-22-9-5-20(32)6-10-22)12-11-23-25-14-19(31)4-13-26(25)33-28(23)27/h2-10,13-14,24,27,29,33-36H,11-12,15-17H2,1H3. The van der Waals surface area contributed by atoms with Crippen LogP contribution in [0.5, 0.6) is 11.5 Å². The monoisotopic (exact) mass is 599 g/mol. The minimum absolute atomic E-state index is 0.138. The summed E-state index contributed by atoms with van der Waals surface area (Å²) in [4.78, 5) is 3.63. The highest BCUT2D eigenvalue weighted by Crippen LogP contribution is 2.45. The number of aromatic amines is 1. The average molecular weight is 601 g/mol. The van der Waals surface area contributed by atoms with Crippen molar-refractivity contribution in [2.75, 3.05) is 19.8 Å². The van der Waals surface area contributed by atoms with Gasteiger partial charge < -0.3 is 29.8 Å². The van der Waals surface area contributed by atoms with Crippen LogP contribution in [-0.2, 0) is 6.42 Å². The number of hydrogen-bond donors (Lipinski definition) is 4. The number of H-pyrrole nitrogens is 1. The third-order valence-electron chi connectivity index (χ3n) is 7.39. The number of aromatic nitrogens is 1. The van der Waals surface area contributed by atoms with Gasteiger partial charge in [0.1, 0.15) is 11.5 Å². The highest BCUT2D eigenvalue weighted by Gasteiger charge is 2.38. The van der Waals surface area contributed by atoms with E-state index in [-0.39, 0.29) is 31.7 Å². The van der Waals surface area contributed by atoms with Gasteiger partial charge in [-0.05, 0) is 78.6 Å². The molecule has 3 aromatic carbocycles. The van der Waals surface area contributed by atoms with Crippen LogP contribution >= 0.6 is 27.5 Å². The Morgan fingerprint density at radius 2 is 1.71 bits per heavy atom. The zero-order chi connectivity index (χ0) is 26.9. The van der Waals surface area contributed by atoms with Crippen molar-refractivity contribution in [2.24, 2.45) is 11.3 Å². The molecule has 1 aliphatic rings. The third-order valence-corrected chi connectivity index (χ3v) is 8.14. The van der Waals surface area contributed by atoms with Gasteiger partial charge in [0.15, 0.2) is 0 Å². The van der Waals surface area contributed by atoms with Gasteiger partial charge in [-0.2, -0.15) is 0 Å². The summed E-state index contributed by atoms with van der Waals surface area (Å²) in [5.74, 6) is 0.870. The van der Waals surface area contributed by atoms with Crippen LogP contribution in [0.15, 0.2) is 71.2 Å². The number of aliphatic hydroxyl groups is 3. The van der Waals surface area contributed by atoms with Crippen LogP contribution in [0.1, 0.15) is 36.1 Å². The molecule has 0 saturated carbocycles. The molecule has 0 bridgehead atoms. The van der Waals surface area contributed by atoms with Crippen molar-refractivity contribution < 1.29 is 24.8 Å². The van der Waals surface area contributed by atoms with Gasteiger partial charge in [-0.15, -0.1) is 0 Å². The lowest BCUT2D eigenvalue weighted by atomic mass is 9.74. The highest BCUT2D eigenvalue weighted by atomic mass is 79.9. The van der Waals surface area contributed by atoms with Crippen LogP contribution in [0.4, 0.5) is 0 Å². The molecule has 6 nitrogen and oxygen atoms in total. The molecule has 1 heterocycles. The highest BCUT2D eigenvalue weighted by molar-refractivity contribution is 9.10. The molecule has 5 rings (SSSR count). The third kappa shape index (κ3) is 5.58. The van der Waals surface area contributed by atoms with E-state index in [0.717, 1.165) is 34.1 Å². The SMILES string of the molecule is CC(CO)(CO)COc1ccc(C2c3[nH]c4ccc(Br)cc4c3CCC2C(O)Oc2ccc(Cl)cc2)cc1. The molecular formula is C30H31BrClNO5. The van der Waals surface area contributed by atoms with Crippen molar-refractivity contribution in [3.8, 4) is 11.5 Å². The molecule has 0 fully saturated rings. The predicted molar refractivity (Wildman–Crippen MR) is 152 cm³/mol. The van der Waals surface area contributed by atoms with Gasteiger partial charge in [-0.25, -0.2) is 0 Å². The molecule has 0 saturated heterocycles. The summed E-state index contributed by atoms with van der Waals surface area (Å²) in [6.45, 7) is 1.62. The topological polar surface area (TPSA) is 94.9 Å². The molecule has 4 aromatic rings. The van der Waals surface area contributed by atoms with Gasteiger partial charge in [0.05, 0.1) is 19.8 Å². The van der Waals surface area contributed by atoms with Crippen LogP contribution < -0.4 is 9.47 Å². The van der Waals surface area contributed by atoms with E-state index in [0.29, 0.717) is 16.5 Å². The molecule has 4 N–H and O–H groups in total. The Morgan fingerprint density at radius 1 is 1.03 bits per heavy atom. The zero-order valence-corrected chi connectivity index (χ0v) is 23.4. The maximum absolute atomic E-state index is 11.3. The molecule has 0 spiro atoms. The normalized spacial score (nSPS) is 18.3. The molecule has 200 valence electrons. The summed E-state index contributed by atoms with van der Waals surface area (Å²) in [5, 5.41) is 32.2. The van der Waals surface area contributed by atoms with Gasteiger partial charge >= 0.3 is 0 Å². The number of rotatable bonds is 9. The summed E-state index contributed by atoms with van der Waals surface area (Å²) in [7, 11) is 0. The fourth-order valence-corrected chi connectivity index (χ4v) is 5.59. The Morgan fingerprint density at radius 3 is 2.39 bits per heavy atom. The Kier molecular flexibility index (Phi) is 8.03. The zero-order valence-electron chi connectivity index (χ0n) is 21.0. The Bertz CT molecular complexity index is 1380. The molecule has 3 atom stereocenters. The summed E-state index contributed by atoms with van der Waals surface area (Å²) < 4.78 is 12.9. The van der Waals surface area contributed by atoms with E-state index in [2.05, 4.69) is 33.0 Å². The first-order valence-electron chi connectivity index (χ1n) is 12.6. The van der Waals surface area contributed by atoms with E-state index < -0.39 is 11.7 Å². The summed E-state index contributed by atoms with van der Waals surface area (Å²) in [5.41, 5.74) is 3.70. The Labute approximate surface area is 235 Å². The number of nitrogens with one attached hydrogen (secondary N) is 1. The lowest BCUT2D eigenvalue weighted by molar-refractivity contribution is -0.0714. The lowest BCUT2D eigenvalue weighted by Crippen LogP contribution is -2.35. The van der Waals surface area contributed by atoms with Crippen LogP contribution in [0.25, 0.3) is 10.9 Å². The van der Waals surface area contributed by atoms with Crippen molar-refractivity contribution in [1.82, 2.24) is 4.98 Å². The molecule has 1 aromatic heterocycles. The van der Waals surface area contributed by atoms with Crippen LogP contribution in [-0.4, -0.2) is 46.4 Å². The van der Waals surface area contributed by atoms with Crippen molar-refractivity contribution in [2.45, 2.75) is 32.0 Å². The van der Waals surface area contributed by atoms with E-state index in [1.165, 1.54) is 10.9 Å².